The lowest BCUT2D eigenvalue weighted by atomic mass is 10.1. The lowest BCUT2D eigenvalue weighted by Crippen LogP contribution is -2.25. The monoisotopic (exact) mass is 266 g/mol. The molecule has 0 atom stereocenters. The number of nitrogens with one attached hydrogen (secondary N) is 1. The molecule has 0 aromatic carbocycles. The molecular weight excluding hydrogens is 240 g/mol. The van der Waals surface area contributed by atoms with Gasteiger partial charge in [-0.1, -0.05) is 13.8 Å². The highest BCUT2D eigenvalue weighted by Crippen LogP contribution is 2.19. The van der Waals surface area contributed by atoms with E-state index in [0.29, 0.717) is 12.6 Å². The smallest absolute Gasteiger partial charge is 0.142 e. The molecule has 1 rings (SSSR count). The second-order valence-electron chi connectivity index (χ2n) is 5.58. The Kier molecular flexibility index (Phi) is 6.25. The fraction of sp³-hybridized carbons (Fsp3) is 0.667. The molecule has 0 aliphatic rings. The SMILES string of the molecule is COC(C)(C)CCOc1cnccc1CNC(C)C. The Morgan fingerprint density at radius 1 is 1.37 bits per heavy atom. The molecule has 0 radical (unpaired) electrons. The third-order valence-corrected chi connectivity index (χ3v) is 3.09. The molecule has 0 unspecified atom stereocenters. The molecule has 1 N–H and O–H groups in total. The van der Waals surface area contributed by atoms with Crippen LogP contribution in [0.4, 0.5) is 0 Å². The van der Waals surface area contributed by atoms with Crippen molar-refractivity contribution in [2.45, 2.75) is 52.3 Å². The van der Waals surface area contributed by atoms with Gasteiger partial charge in [-0.25, -0.2) is 0 Å². The van der Waals surface area contributed by atoms with Crippen LogP contribution in [0.5, 0.6) is 5.75 Å². The zero-order valence-electron chi connectivity index (χ0n) is 12.7. The molecule has 1 heterocycles. The van der Waals surface area contributed by atoms with Gasteiger partial charge in [-0.15, -0.1) is 0 Å². The van der Waals surface area contributed by atoms with Crippen LogP contribution in [-0.4, -0.2) is 30.3 Å². The number of hydrogen-bond acceptors (Lipinski definition) is 4. The van der Waals surface area contributed by atoms with E-state index < -0.39 is 0 Å². The van der Waals surface area contributed by atoms with Gasteiger partial charge in [0.25, 0.3) is 0 Å². The van der Waals surface area contributed by atoms with E-state index in [2.05, 4.69) is 38.0 Å². The van der Waals surface area contributed by atoms with Crippen LogP contribution in [0, 0.1) is 0 Å². The number of pyridine rings is 1. The Bertz CT molecular complexity index is 378. The van der Waals surface area contributed by atoms with Crippen molar-refractivity contribution in [2.75, 3.05) is 13.7 Å². The molecule has 19 heavy (non-hydrogen) atoms. The van der Waals surface area contributed by atoms with Gasteiger partial charge in [0.15, 0.2) is 0 Å². The van der Waals surface area contributed by atoms with Crippen molar-refractivity contribution in [1.82, 2.24) is 10.3 Å². The largest absolute Gasteiger partial charge is 0.492 e. The fourth-order valence-electron chi connectivity index (χ4n) is 1.51. The van der Waals surface area contributed by atoms with Crippen molar-refractivity contribution < 1.29 is 9.47 Å². The van der Waals surface area contributed by atoms with Gasteiger partial charge < -0.3 is 14.8 Å². The Morgan fingerprint density at radius 3 is 2.74 bits per heavy atom. The average molecular weight is 266 g/mol. The lowest BCUT2D eigenvalue weighted by Gasteiger charge is -2.23. The highest BCUT2D eigenvalue weighted by Gasteiger charge is 2.16. The molecule has 0 bridgehead atoms. The van der Waals surface area contributed by atoms with Crippen molar-refractivity contribution in [2.24, 2.45) is 0 Å². The number of rotatable bonds is 8. The summed E-state index contributed by atoms with van der Waals surface area (Å²) < 4.78 is 11.2. The summed E-state index contributed by atoms with van der Waals surface area (Å²) in [7, 11) is 1.72. The molecule has 1 aromatic heterocycles. The van der Waals surface area contributed by atoms with Crippen molar-refractivity contribution in [3.8, 4) is 5.75 Å². The summed E-state index contributed by atoms with van der Waals surface area (Å²) in [6, 6.07) is 2.44. The van der Waals surface area contributed by atoms with Crippen LogP contribution in [-0.2, 0) is 11.3 Å². The molecule has 0 aliphatic heterocycles. The molecular formula is C15H26N2O2. The van der Waals surface area contributed by atoms with Gasteiger partial charge in [-0.05, 0) is 19.9 Å². The number of aromatic nitrogens is 1. The van der Waals surface area contributed by atoms with Gasteiger partial charge >= 0.3 is 0 Å². The van der Waals surface area contributed by atoms with Crippen LogP contribution in [0.15, 0.2) is 18.5 Å². The molecule has 0 amide bonds. The van der Waals surface area contributed by atoms with E-state index >= 15 is 0 Å². The van der Waals surface area contributed by atoms with Crippen molar-refractivity contribution >= 4 is 0 Å². The minimum Gasteiger partial charge on any atom is -0.492 e. The van der Waals surface area contributed by atoms with Crippen LogP contribution in [0.2, 0.25) is 0 Å². The summed E-state index contributed by atoms with van der Waals surface area (Å²) >= 11 is 0. The summed E-state index contributed by atoms with van der Waals surface area (Å²) in [5, 5.41) is 3.39. The van der Waals surface area contributed by atoms with Crippen LogP contribution in [0.1, 0.15) is 39.7 Å². The van der Waals surface area contributed by atoms with Gasteiger partial charge in [0, 0.05) is 37.9 Å². The van der Waals surface area contributed by atoms with Gasteiger partial charge in [0.05, 0.1) is 18.4 Å². The Morgan fingerprint density at radius 2 is 2.11 bits per heavy atom. The number of methoxy groups -OCH3 is 1. The fourth-order valence-corrected chi connectivity index (χ4v) is 1.51. The summed E-state index contributed by atoms with van der Waals surface area (Å²) in [6.07, 6.45) is 4.41. The van der Waals surface area contributed by atoms with E-state index in [1.165, 1.54) is 0 Å². The minimum atomic E-state index is -0.154. The Balaban J connectivity index is 2.53. The summed E-state index contributed by atoms with van der Waals surface area (Å²) in [4.78, 5) is 4.12. The summed E-state index contributed by atoms with van der Waals surface area (Å²) in [6.45, 7) is 9.79. The molecule has 108 valence electrons. The van der Waals surface area contributed by atoms with Crippen molar-refractivity contribution in [1.29, 1.82) is 0 Å². The number of ether oxygens (including phenoxy) is 2. The van der Waals surface area contributed by atoms with Gasteiger partial charge in [-0.2, -0.15) is 0 Å². The predicted octanol–water partition coefficient (Wildman–Crippen LogP) is 2.77. The molecule has 0 spiro atoms. The second-order valence-corrected chi connectivity index (χ2v) is 5.58. The van der Waals surface area contributed by atoms with Crippen molar-refractivity contribution in [3.63, 3.8) is 0 Å². The van der Waals surface area contributed by atoms with Crippen molar-refractivity contribution in [3.05, 3.63) is 24.0 Å². The predicted molar refractivity (Wildman–Crippen MR) is 77.4 cm³/mol. The number of nitrogens with zero attached hydrogens (tertiary/aromatic N) is 1. The maximum Gasteiger partial charge on any atom is 0.142 e. The molecule has 0 aliphatic carbocycles. The first-order valence-electron chi connectivity index (χ1n) is 6.79. The van der Waals surface area contributed by atoms with E-state index in [1.807, 2.05) is 6.07 Å². The molecule has 1 aromatic rings. The van der Waals surface area contributed by atoms with Crippen LogP contribution in [0.25, 0.3) is 0 Å². The highest BCUT2D eigenvalue weighted by atomic mass is 16.5. The van der Waals surface area contributed by atoms with Crippen LogP contribution < -0.4 is 10.1 Å². The van der Waals surface area contributed by atoms with E-state index in [0.717, 1.165) is 24.3 Å². The van der Waals surface area contributed by atoms with E-state index in [9.17, 15) is 0 Å². The van der Waals surface area contributed by atoms with Gasteiger partial charge in [0.2, 0.25) is 0 Å². The zero-order valence-corrected chi connectivity index (χ0v) is 12.7. The zero-order chi connectivity index (χ0) is 14.3. The third kappa shape index (κ3) is 6.03. The third-order valence-electron chi connectivity index (χ3n) is 3.09. The first-order valence-corrected chi connectivity index (χ1v) is 6.79. The molecule has 0 saturated heterocycles. The quantitative estimate of drug-likeness (QED) is 0.785. The Labute approximate surface area is 116 Å². The van der Waals surface area contributed by atoms with E-state index in [-0.39, 0.29) is 5.60 Å². The maximum atomic E-state index is 5.82. The average Bonchev–Trinajstić information content (AvgIpc) is 2.37. The van der Waals surface area contributed by atoms with Gasteiger partial charge in [0.1, 0.15) is 5.75 Å². The molecule has 4 nitrogen and oxygen atoms in total. The summed E-state index contributed by atoms with van der Waals surface area (Å²) in [5.74, 6) is 0.850. The first kappa shape index (κ1) is 15.9. The normalized spacial score (nSPS) is 11.9. The lowest BCUT2D eigenvalue weighted by molar-refractivity contribution is 0.00534. The standard InChI is InChI=1S/C15H26N2O2/c1-12(2)17-10-13-6-8-16-11-14(13)19-9-7-15(3,4)18-5/h6,8,11-12,17H,7,9-10H2,1-5H3. The van der Waals surface area contributed by atoms with Crippen LogP contribution >= 0.6 is 0 Å². The highest BCUT2D eigenvalue weighted by molar-refractivity contribution is 5.29. The van der Waals surface area contributed by atoms with E-state index in [4.69, 9.17) is 9.47 Å². The molecule has 0 fully saturated rings. The second kappa shape index (κ2) is 7.46. The minimum absolute atomic E-state index is 0.154. The van der Waals surface area contributed by atoms with E-state index in [1.54, 1.807) is 19.5 Å². The van der Waals surface area contributed by atoms with Crippen LogP contribution in [0.3, 0.4) is 0 Å². The summed E-state index contributed by atoms with van der Waals surface area (Å²) in [5.41, 5.74) is 0.984. The first-order chi connectivity index (χ1) is 8.94. The molecule has 4 heteroatoms. The maximum absolute atomic E-state index is 5.82. The van der Waals surface area contributed by atoms with Gasteiger partial charge in [-0.3, -0.25) is 4.98 Å². The Hall–Kier alpha value is -1.13. The number of hydrogen-bond donors (Lipinski definition) is 1. The molecule has 0 saturated carbocycles. The topological polar surface area (TPSA) is 43.4 Å².